The highest BCUT2D eigenvalue weighted by Crippen LogP contribution is 2.46. The van der Waals surface area contributed by atoms with Crippen LogP contribution in [0.2, 0.25) is 0 Å². The van der Waals surface area contributed by atoms with Crippen molar-refractivity contribution >= 4 is 32.3 Å². The highest BCUT2D eigenvalue weighted by molar-refractivity contribution is 6.26. The molecule has 0 aliphatic carbocycles. The Morgan fingerprint density at radius 1 is 0.305 bits per heavy atom. The second-order valence-electron chi connectivity index (χ2n) is 16.5. The van der Waals surface area contributed by atoms with Crippen molar-refractivity contribution in [1.29, 1.82) is 0 Å². The molecular formula is C54H80O5. The van der Waals surface area contributed by atoms with Gasteiger partial charge in [0.25, 0.3) is 0 Å². The zero-order valence-corrected chi connectivity index (χ0v) is 38.3. The van der Waals surface area contributed by atoms with E-state index in [4.69, 9.17) is 23.7 Å². The maximum atomic E-state index is 6.65. The lowest BCUT2D eigenvalue weighted by molar-refractivity contribution is 0.259. The van der Waals surface area contributed by atoms with Gasteiger partial charge in [-0.3, -0.25) is 0 Å². The van der Waals surface area contributed by atoms with Gasteiger partial charge in [-0.15, -0.1) is 0 Å². The first-order valence-corrected chi connectivity index (χ1v) is 24.3. The summed E-state index contributed by atoms with van der Waals surface area (Å²) >= 11 is 0. The molecule has 4 rings (SSSR count). The van der Waals surface area contributed by atoms with Crippen molar-refractivity contribution in [2.75, 3.05) is 33.0 Å². The van der Waals surface area contributed by atoms with E-state index in [9.17, 15) is 0 Å². The van der Waals surface area contributed by atoms with Crippen LogP contribution in [-0.4, -0.2) is 33.0 Å². The molecule has 4 aromatic rings. The zero-order valence-electron chi connectivity index (χ0n) is 38.3. The van der Waals surface area contributed by atoms with Gasteiger partial charge in [-0.2, -0.15) is 0 Å². The SMILES string of the molecule is CCCCC#Cc1cc2c(cc1OCCCCCC)c1cc(OCCCCCC)c(OCCCCCC)cc1c1cc(OCCCCCC)c(OCCCCCC)cc21. The summed E-state index contributed by atoms with van der Waals surface area (Å²) < 4.78 is 33.2. The van der Waals surface area contributed by atoms with Gasteiger partial charge in [0.15, 0.2) is 23.0 Å². The van der Waals surface area contributed by atoms with Crippen LogP contribution in [0.3, 0.4) is 0 Å². The number of hydrogen-bond acceptors (Lipinski definition) is 5. The van der Waals surface area contributed by atoms with Crippen molar-refractivity contribution in [3.63, 3.8) is 0 Å². The molecule has 0 amide bonds. The minimum absolute atomic E-state index is 0.668. The van der Waals surface area contributed by atoms with E-state index < -0.39 is 0 Å². The summed E-state index contributed by atoms with van der Waals surface area (Å²) in [5.74, 6) is 11.2. The number of unbranched alkanes of at least 4 members (excludes halogenated alkanes) is 17. The Kier molecular flexibility index (Phi) is 23.3. The summed E-state index contributed by atoms with van der Waals surface area (Å²) in [6.45, 7) is 16.8. The lowest BCUT2D eigenvalue weighted by atomic mass is 9.92. The molecule has 5 nitrogen and oxygen atoms in total. The molecule has 0 fully saturated rings. The Balaban J connectivity index is 1.98. The highest BCUT2D eigenvalue weighted by Gasteiger charge is 2.20. The molecule has 0 N–H and O–H groups in total. The molecule has 0 heterocycles. The molecule has 326 valence electrons. The Morgan fingerprint density at radius 2 is 0.576 bits per heavy atom. The molecule has 0 unspecified atom stereocenters. The van der Waals surface area contributed by atoms with Crippen LogP contribution in [0.4, 0.5) is 0 Å². The second-order valence-corrected chi connectivity index (χ2v) is 16.5. The number of benzene rings is 4. The second kappa shape index (κ2) is 28.6. The van der Waals surface area contributed by atoms with Crippen molar-refractivity contribution in [2.24, 2.45) is 0 Å². The predicted octanol–water partition coefficient (Wildman–Crippen LogP) is 16.5. The van der Waals surface area contributed by atoms with E-state index in [1.54, 1.807) is 0 Å². The van der Waals surface area contributed by atoms with E-state index in [2.05, 4.69) is 89.8 Å². The van der Waals surface area contributed by atoms with Gasteiger partial charge in [0, 0.05) is 6.42 Å². The summed E-state index contributed by atoms with van der Waals surface area (Å²) in [6, 6.07) is 13.5. The first kappa shape index (κ1) is 47.9. The zero-order chi connectivity index (χ0) is 41.9. The minimum atomic E-state index is 0.668. The van der Waals surface area contributed by atoms with Crippen LogP contribution in [0, 0.1) is 11.8 Å². The third-order valence-corrected chi connectivity index (χ3v) is 11.3. The first-order valence-electron chi connectivity index (χ1n) is 24.3. The third-order valence-electron chi connectivity index (χ3n) is 11.3. The standard InChI is InChI=1S/C54H80O5/c1-7-13-19-25-31-43-37-44-45(38-50(43)55-32-26-20-14-8-2)47-40-52(57-34-28-22-16-10-4)54(59-36-30-24-18-12-6)42-49(47)48-41-53(58-35-29-23-17-11-5)51(39-46(44)48)56-33-27-21-15-9-3/h37-42H,7-24,26-30,32-36H2,1-6H3. The molecule has 0 bridgehead atoms. The Morgan fingerprint density at radius 3 is 0.881 bits per heavy atom. The molecule has 0 saturated carbocycles. The van der Waals surface area contributed by atoms with Crippen LogP contribution in [0.1, 0.15) is 195 Å². The maximum absolute atomic E-state index is 6.65. The van der Waals surface area contributed by atoms with Crippen LogP contribution < -0.4 is 23.7 Å². The van der Waals surface area contributed by atoms with Gasteiger partial charge in [0.1, 0.15) is 5.75 Å². The fourth-order valence-electron chi connectivity index (χ4n) is 7.68. The fraction of sp³-hybridized carbons (Fsp3) is 0.630. The van der Waals surface area contributed by atoms with Crippen LogP contribution in [0.5, 0.6) is 28.7 Å². The lowest BCUT2D eigenvalue weighted by Crippen LogP contribution is -2.04. The molecule has 0 saturated heterocycles. The average molecular weight is 809 g/mol. The molecule has 0 spiro atoms. The number of rotatable bonds is 32. The normalized spacial score (nSPS) is 11.3. The molecule has 0 radical (unpaired) electrons. The van der Waals surface area contributed by atoms with Crippen molar-refractivity contribution in [3.05, 3.63) is 42.0 Å². The number of fused-ring (bicyclic) bond motifs is 6. The lowest BCUT2D eigenvalue weighted by Gasteiger charge is -2.20. The Labute approximate surface area is 359 Å². The van der Waals surface area contributed by atoms with E-state index in [1.807, 2.05) is 0 Å². The van der Waals surface area contributed by atoms with E-state index in [1.165, 1.54) is 70.6 Å². The molecule has 0 aliphatic rings. The molecule has 0 aromatic heterocycles. The highest BCUT2D eigenvalue weighted by atomic mass is 16.5. The molecule has 0 aliphatic heterocycles. The summed E-state index contributed by atoms with van der Waals surface area (Å²) in [5, 5.41) is 6.76. The first-order chi connectivity index (χ1) is 29.1. The number of hydrogen-bond donors (Lipinski definition) is 0. The topological polar surface area (TPSA) is 46.2 Å². The molecular weight excluding hydrogens is 729 g/mol. The van der Waals surface area contributed by atoms with E-state index in [0.717, 1.165) is 144 Å². The van der Waals surface area contributed by atoms with Gasteiger partial charge in [0.2, 0.25) is 0 Å². The average Bonchev–Trinajstić information content (AvgIpc) is 3.25. The van der Waals surface area contributed by atoms with Gasteiger partial charge in [-0.25, -0.2) is 0 Å². The van der Waals surface area contributed by atoms with Crippen LogP contribution in [0.15, 0.2) is 36.4 Å². The fourth-order valence-corrected chi connectivity index (χ4v) is 7.68. The van der Waals surface area contributed by atoms with Gasteiger partial charge >= 0.3 is 0 Å². The van der Waals surface area contributed by atoms with E-state index >= 15 is 0 Å². The minimum Gasteiger partial charge on any atom is -0.492 e. The summed E-state index contributed by atoms with van der Waals surface area (Å²) in [6.07, 6.45) is 26.1. The maximum Gasteiger partial charge on any atom is 0.161 e. The Hall–Kier alpha value is -3.78. The van der Waals surface area contributed by atoms with Crippen LogP contribution in [0.25, 0.3) is 32.3 Å². The van der Waals surface area contributed by atoms with Crippen molar-refractivity contribution in [1.82, 2.24) is 0 Å². The molecule has 5 heteroatoms. The predicted molar refractivity (Wildman–Crippen MR) is 254 cm³/mol. The van der Waals surface area contributed by atoms with Crippen molar-refractivity contribution < 1.29 is 23.7 Å². The monoisotopic (exact) mass is 809 g/mol. The molecule has 4 aromatic carbocycles. The van der Waals surface area contributed by atoms with Gasteiger partial charge in [0.05, 0.1) is 38.6 Å². The summed E-state index contributed by atoms with van der Waals surface area (Å²) in [5.41, 5.74) is 0.947. The molecule has 59 heavy (non-hydrogen) atoms. The van der Waals surface area contributed by atoms with Gasteiger partial charge in [-0.05, 0) is 107 Å². The third kappa shape index (κ3) is 15.6. The van der Waals surface area contributed by atoms with Crippen LogP contribution in [-0.2, 0) is 0 Å². The summed E-state index contributed by atoms with van der Waals surface area (Å²) in [7, 11) is 0. The van der Waals surface area contributed by atoms with Gasteiger partial charge in [-0.1, -0.05) is 156 Å². The van der Waals surface area contributed by atoms with Crippen molar-refractivity contribution in [3.8, 4) is 40.6 Å². The number of ether oxygens (including phenoxy) is 5. The Bertz CT molecular complexity index is 1800. The summed E-state index contributed by atoms with van der Waals surface area (Å²) in [4.78, 5) is 0. The smallest absolute Gasteiger partial charge is 0.161 e. The van der Waals surface area contributed by atoms with Crippen LogP contribution >= 0.6 is 0 Å². The quantitative estimate of drug-likeness (QED) is 0.0279. The van der Waals surface area contributed by atoms with E-state index in [0.29, 0.717) is 33.0 Å². The van der Waals surface area contributed by atoms with Crippen molar-refractivity contribution in [2.45, 2.75) is 189 Å². The van der Waals surface area contributed by atoms with E-state index in [-0.39, 0.29) is 0 Å². The van der Waals surface area contributed by atoms with Gasteiger partial charge < -0.3 is 23.7 Å². The largest absolute Gasteiger partial charge is 0.492 e. The molecule has 0 atom stereocenters.